The minimum atomic E-state index is -3.57. The molecule has 1 atom stereocenters. The number of aryl methyl sites for hydroxylation is 1. The summed E-state index contributed by atoms with van der Waals surface area (Å²) in [6.07, 6.45) is 2.07. The fraction of sp³-hybridized carbons (Fsp3) is 0.500. The molecule has 1 saturated carbocycles. The van der Waals surface area contributed by atoms with Gasteiger partial charge in [-0.1, -0.05) is 0 Å². The lowest BCUT2D eigenvalue weighted by Crippen LogP contribution is -2.43. The highest BCUT2D eigenvalue weighted by atomic mass is 35.5. The summed E-state index contributed by atoms with van der Waals surface area (Å²) >= 11 is 0. The molecule has 0 radical (unpaired) electrons. The minimum absolute atomic E-state index is 0. The van der Waals surface area contributed by atoms with Gasteiger partial charge >= 0.3 is 0 Å². The summed E-state index contributed by atoms with van der Waals surface area (Å²) in [6.45, 7) is 2.03. The molecule has 2 N–H and O–H groups in total. The molecule has 5 nitrogen and oxygen atoms in total. The highest BCUT2D eigenvalue weighted by molar-refractivity contribution is 7.89. The molecule has 1 aliphatic rings. The van der Waals surface area contributed by atoms with E-state index < -0.39 is 10.0 Å². The van der Waals surface area contributed by atoms with Gasteiger partial charge in [0.05, 0.1) is 16.5 Å². The van der Waals surface area contributed by atoms with Crippen LogP contribution in [0.25, 0.3) is 0 Å². The van der Waals surface area contributed by atoms with Gasteiger partial charge in [0.1, 0.15) is 0 Å². The van der Waals surface area contributed by atoms with E-state index in [-0.39, 0.29) is 23.3 Å². The first-order chi connectivity index (χ1) is 9.41. The standard InChI is InChI=1S/C14H19N3O2S.ClH/c1-10-7-11(8-15)3-6-14(10)20(18,19)17(2)13(9-16)12-4-5-12;/h3,6-7,12-13H,4-5,9,16H2,1-2H3;1H. The Morgan fingerprint density at radius 2 is 2.10 bits per heavy atom. The van der Waals surface area contributed by atoms with E-state index in [1.165, 1.54) is 16.4 Å². The molecular weight excluding hydrogens is 310 g/mol. The van der Waals surface area contributed by atoms with E-state index in [0.717, 1.165) is 12.8 Å². The van der Waals surface area contributed by atoms with E-state index >= 15 is 0 Å². The third kappa shape index (κ3) is 3.55. The van der Waals surface area contributed by atoms with Crippen LogP contribution in [0.3, 0.4) is 0 Å². The zero-order chi connectivity index (χ0) is 14.9. The molecule has 7 heteroatoms. The molecule has 116 valence electrons. The normalized spacial score (nSPS) is 16.1. The van der Waals surface area contributed by atoms with Gasteiger partial charge < -0.3 is 5.73 Å². The van der Waals surface area contributed by atoms with Crippen LogP contribution in [0.15, 0.2) is 23.1 Å². The molecule has 21 heavy (non-hydrogen) atoms. The first-order valence-electron chi connectivity index (χ1n) is 6.60. The van der Waals surface area contributed by atoms with E-state index in [9.17, 15) is 8.42 Å². The van der Waals surface area contributed by atoms with E-state index in [2.05, 4.69) is 0 Å². The number of benzene rings is 1. The Hall–Kier alpha value is -1.13. The molecule has 2 rings (SSSR count). The van der Waals surface area contributed by atoms with E-state index in [1.54, 1.807) is 20.0 Å². The summed E-state index contributed by atoms with van der Waals surface area (Å²) in [7, 11) is -1.98. The number of hydrogen-bond donors (Lipinski definition) is 1. The van der Waals surface area contributed by atoms with Crippen molar-refractivity contribution in [3.8, 4) is 6.07 Å². The third-order valence-corrected chi connectivity index (χ3v) is 5.88. The zero-order valence-corrected chi connectivity index (χ0v) is 13.7. The van der Waals surface area contributed by atoms with Crippen molar-refractivity contribution in [2.24, 2.45) is 11.7 Å². The van der Waals surface area contributed by atoms with Crippen molar-refractivity contribution in [2.75, 3.05) is 13.6 Å². The Bertz CT molecular complexity index is 651. The molecule has 0 heterocycles. The molecule has 0 aliphatic heterocycles. The summed E-state index contributed by atoms with van der Waals surface area (Å²) in [4.78, 5) is 0.248. The smallest absolute Gasteiger partial charge is 0.243 e. The van der Waals surface area contributed by atoms with Crippen LogP contribution in [0.5, 0.6) is 0 Å². The summed E-state index contributed by atoms with van der Waals surface area (Å²) in [5.41, 5.74) is 6.77. The number of nitrogens with zero attached hydrogens (tertiary/aromatic N) is 2. The topological polar surface area (TPSA) is 87.2 Å². The highest BCUT2D eigenvalue weighted by Crippen LogP contribution is 2.36. The average Bonchev–Trinajstić information content (AvgIpc) is 3.23. The van der Waals surface area contributed by atoms with E-state index in [1.807, 2.05) is 6.07 Å². The predicted molar refractivity (Wildman–Crippen MR) is 83.7 cm³/mol. The van der Waals surface area contributed by atoms with Crippen LogP contribution in [0.4, 0.5) is 0 Å². The lowest BCUT2D eigenvalue weighted by atomic mass is 10.2. The van der Waals surface area contributed by atoms with Gasteiger partial charge in [0.2, 0.25) is 10.0 Å². The van der Waals surface area contributed by atoms with Crippen LogP contribution in [-0.4, -0.2) is 32.4 Å². The molecule has 0 bridgehead atoms. The van der Waals surface area contributed by atoms with Crippen molar-refractivity contribution in [2.45, 2.75) is 30.7 Å². The number of likely N-dealkylation sites (N-methyl/N-ethyl adjacent to an activating group) is 1. The van der Waals surface area contributed by atoms with Gasteiger partial charge in [-0.25, -0.2) is 8.42 Å². The summed E-state index contributed by atoms with van der Waals surface area (Å²) in [5.74, 6) is 0.374. The van der Waals surface area contributed by atoms with Crippen molar-refractivity contribution in [3.63, 3.8) is 0 Å². The average molecular weight is 330 g/mol. The quantitative estimate of drug-likeness (QED) is 0.889. The monoisotopic (exact) mass is 329 g/mol. The zero-order valence-electron chi connectivity index (χ0n) is 12.1. The second-order valence-electron chi connectivity index (χ2n) is 5.25. The number of rotatable bonds is 5. The molecule has 1 aromatic rings. The van der Waals surface area contributed by atoms with E-state index in [0.29, 0.717) is 23.6 Å². The Morgan fingerprint density at radius 1 is 1.48 bits per heavy atom. The van der Waals surface area contributed by atoms with Gasteiger partial charge in [-0.15, -0.1) is 12.4 Å². The van der Waals surface area contributed by atoms with Gasteiger partial charge in [0, 0.05) is 19.6 Å². The van der Waals surface area contributed by atoms with Crippen LogP contribution in [0.1, 0.15) is 24.0 Å². The first kappa shape index (κ1) is 17.9. The van der Waals surface area contributed by atoms with Crippen LogP contribution in [0, 0.1) is 24.2 Å². The molecule has 0 amide bonds. The largest absolute Gasteiger partial charge is 0.329 e. The van der Waals surface area contributed by atoms with Crippen LogP contribution in [0.2, 0.25) is 0 Å². The maximum absolute atomic E-state index is 12.7. The summed E-state index contributed by atoms with van der Waals surface area (Å²) in [6, 6.07) is 6.49. The summed E-state index contributed by atoms with van der Waals surface area (Å²) in [5, 5.41) is 8.85. The lowest BCUT2D eigenvalue weighted by Gasteiger charge is -2.27. The van der Waals surface area contributed by atoms with Gasteiger partial charge in [-0.2, -0.15) is 9.57 Å². The molecule has 0 saturated heterocycles. The van der Waals surface area contributed by atoms with E-state index in [4.69, 9.17) is 11.0 Å². The number of hydrogen-bond acceptors (Lipinski definition) is 4. The fourth-order valence-corrected chi connectivity index (χ4v) is 4.09. The number of sulfonamides is 1. The Morgan fingerprint density at radius 3 is 2.52 bits per heavy atom. The molecule has 0 spiro atoms. The van der Waals surface area contributed by atoms with Crippen LogP contribution >= 0.6 is 12.4 Å². The molecule has 1 unspecified atom stereocenters. The summed E-state index contributed by atoms with van der Waals surface area (Å²) < 4.78 is 26.7. The predicted octanol–water partition coefficient (Wildman–Crippen LogP) is 1.65. The van der Waals surface area contributed by atoms with Crippen molar-refractivity contribution in [3.05, 3.63) is 29.3 Å². The molecule has 0 aromatic heterocycles. The second kappa shape index (κ2) is 6.75. The molecule has 1 aliphatic carbocycles. The third-order valence-electron chi connectivity index (χ3n) is 3.84. The van der Waals surface area contributed by atoms with Crippen LogP contribution < -0.4 is 5.73 Å². The van der Waals surface area contributed by atoms with Crippen molar-refractivity contribution in [1.29, 1.82) is 5.26 Å². The maximum Gasteiger partial charge on any atom is 0.243 e. The SMILES string of the molecule is Cc1cc(C#N)ccc1S(=O)(=O)N(C)C(CN)C1CC1.Cl. The van der Waals surface area contributed by atoms with Crippen molar-refractivity contribution in [1.82, 2.24) is 4.31 Å². The van der Waals surface area contributed by atoms with Gasteiger partial charge in [-0.3, -0.25) is 0 Å². The maximum atomic E-state index is 12.7. The number of halogens is 1. The van der Waals surface area contributed by atoms with Crippen molar-refractivity contribution >= 4 is 22.4 Å². The Labute approximate surface area is 132 Å². The number of nitrogens with two attached hydrogens (primary N) is 1. The first-order valence-corrected chi connectivity index (χ1v) is 8.04. The second-order valence-corrected chi connectivity index (χ2v) is 7.22. The number of nitriles is 1. The van der Waals surface area contributed by atoms with Gasteiger partial charge in [-0.05, 0) is 49.4 Å². The highest BCUT2D eigenvalue weighted by Gasteiger charge is 2.38. The molecule has 1 fully saturated rings. The molecular formula is C14H20ClN3O2S. The van der Waals surface area contributed by atoms with Gasteiger partial charge in [0.15, 0.2) is 0 Å². The van der Waals surface area contributed by atoms with Gasteiger partial charge in [0.25, 0.3) is 0 Å². The fourth-order valence-electron chi connectivity index (χ4n) is 2.46. The van der Waals surface area contributed by atoms with Crippen molar-refractivity contribution < 1.29 is 8.42 Å². The lowest BCUT2D eigenvalue weighted by molar-refractivity contribution is 0.340. The molecule has 1 aromatic carbocycles. The van der Waals surface area contributed by atoms with Crippen LogP contribution in [-0.2, 0) is 10.0 Å². The Kier molecular flexibility index (Phi) is 5.76. The minimum Gasteiger partial charge on any atom is -0.329 e. The Balaban J connectivity index is 0.00000220.